The molecule has 6 nitrogen and oxygen atoms in total. The number of hydrogen-bond acceptors (Lipinski definition) is 5. The lowest BCUT2D eigenvalue weighted by Gasteiger charge is -2.30. The number of rotatable bonds is 7. The van der Waals surface area contributed by atoms with Crippen molar-refractivity contribution in [2.75, 3.05) is 20.2 Å². The smallest absolute Gasteiger partial charge is 0.251 e. The number of amides is 1. The zero-order chi connectivity index (χ0) is 19.2. The summed E-state index contributed by atoms with van der Waals surface area (Å²) < 4.78 is 5.82. The predicted octanol–water partition coefficient (Wildman–Crippen LogP) is 1.04. The fourth-order valence-electron chi connectivity index (χ4n) is 3.55. The molecule has 6 heteroatoms. The van der Waals surface area contributed by atoms with Gasteiger partial charge in [-0.05, 0) is 24.7 Å². The normalized spacial score (nSPS) is 24.9. The predicted molar refractivity (Wildman–Crippen MR) is 102 cm³/mol. The number of benzene rings is 2. The van der Waals surface area contributed by atoms with Gasteiger partial charge in [0.05, 0.1) is 18.8 Å². The Hall–Kier alpha value is -2.25. The highest BCUT2D eigenvalue weighted by atomic mass is 16.5. The highest BCUT2D eigenvalue weighted by Gasteiger charge is 2.45. The van der Waals surface area contributed by atoms with Crippen molar-refractivity contribution >= 4 is 5.91 Å². The van der Waals surface area contributed by atoms with E-state index in [1.54, 1.807) is 12.1 Å². The van der Waals surface area contributed by atoms with Crippen LogP contribution < -0.4 is 5.32 Å². The first-order chi connectivity index (χ1) is 13.1. The standard InChI is InChI=1S/C21H26N2O4/c1-23(13-15-8-4-2-5-9-15)19-17(27-18(14-24)20(19)25)12-22-21(26)16-10-6-3-7-11-16/h2-11,17-20,24-25H,12-14H2,1H3,(H,22,26)/t17-,18+,19+,20-/m1/s1. The lowest BCUT2D eigenvalue weighted by atomic mass is 10.0. The average molecular weight is 370 g/mol. The van der Waals surface area contributed by atoms with Crippen LogP contribution in [-0.2, 0) is 11.3 Å². The Morgan fingerprint density at radius 2 is 1.70 bits per heavy atom. The number of nitrogens with one attached hydrogen (secondary N) is 1. The van der Waals surface area contributed by atoms with Crippen molar-refractivity contribution in [2.24, 2.45) is 0 Å². The largest absolute Gasteiger partial charge is 0.394 e. The number of carbonyl (C=O) groups excluding carboxylic acids is 1. The molecule has 2 aromatic carbocycles. The van der Waals surface area contributed by atoms with E-state index in [-0.39, 0.29) is 25.1 Å². The van der Waals surface area contributed by atoms with E-state index in [4.69, 9.17) is 4.74 Å². The van der Waals surface area contributed by atoms with Crippen LogP contribution in [0.5, 0.6) is 0 Å². The van der Waals surface area contributed by atoms with Crippen LogP contribution in [-0.4, -0.2) is 65.6 Å². The van der Waals surface area contributed by atoms with Crippen LogP contribution in [0.4, 0.5) is 0 Å². The number of likely N-dealkylation sites (N-methyl/N-ethyl adjacent to an activating group) is 1. The van der Waals surface area contributed by atoms with Gasteiger partial charge in [0.1, 0.15) is 12.2 Å². The van der Waals surface area contributed by atoms with Gasteiger partial charge in [-0.3, -0.25) is 9.69 Å². The van der Waals surface area contributed by atoms with Crippen LogP contribution in [0.25, 0.3) is 0 Å². The molecular weight excluding hydrogens is 344 g/mol. The van der Waals surface area contributed by atoms with Gasteiger partial charge in [0.15, 0.2) is 0 Å². The Morgan fingerprint density at radius 3 is 2.33 bits per heavy atom. The second-order valence-corrected chi connectivity index (χ2v) is 6.85. The van der Waals surface area contributed by atoms with Gasteiger partial charge in [-0.1, -0.05) is 48.5 Å². The monoisotopic (exact) mass is 370 g/mol. The fraction of sp³-hybridized carbons (Fsp3) is 0.381. The average Bonchev–Trinajstić information content (AvgIpc) is 3.03. The van der Waals surface area contributed by atoms with E-state index < -0.39 is 18.3 Å². The Balaban J connectivity index is 1.66. The molecule has 3 N–H and O–H groups in total. The Kier molecular flexibility index (Phi) is 6.58. The van der Waals surface area contributed by atoms with Crippen molar-refractivity contribution in [2.45, 2.75) is 30.9 Å². The van der Waals surface area contributed by atoms with E-state index in [1.807, 2.05) is 60.5 Å². The lowest BCUT2D eigenvalue weighted by molar-refractivity contribution is -0.0209. The number of aliphatic hydroxyl groups is 2. The van der Waals surface area contributed by atoms with Crippen LogP contribution in [0, 0.1) is 0 Å². The number of carbonyl (C=O) groups is 1. The molecule has 0 radical (unpaired) electrons. The Bertz CT molecular complexity index is 725. The molecule has 144 valence electrons. The Morgan fingerprint density at radius 1 is 1.07 bits per heavy atom. The third-order valence-electron chi connectivity index (χ3n) is 4.92. The molecule has 4 atom stereocenters. The summed E-state index contributed by atoms with van der Waals surface area (Å²) in [7, 11) is 1.91. The maximum absolute atomic E-state index is 12.3. The minimum atomic E-state index is -0.831. The fourth-order valence-corrected chi connectivity index (χ4v) is 3.55. The van der Waals surface area contributed by atoms with Crippen molar-refractivity contribution in [3.05, 3.63) is 71.8 Å². The van der Waals surface area contributed by atoms with Crippen molar-refractivity contribution in [1.29, 1.82) is 0 Å². The highest BCUT2D eigenvalue weighted by Crippen LogP contribution is 2.26. The molecule has 2 aromatic rings. The van der Waals surface area contributed by atoms with Gasteiger partial charge in [0, 0.05) is 18.7 Å². The van der Waals surface area contributed by atoms with Crippen LogP contribution >= 0.6 is 0 Å². The minimum Gasteiger partial charge on any atom is -0.394 e. The molecule has 0 unspecified atom stereocenters. The molecule has 1 aliphatic rings. The van der Waals surface area contributed by atoms with Crippen LogP contribution in [0.2, 0.25) is 0 Å². The van der Waals surface area contributed by atoms with Crippen LogP contribution in [0.1, 0.15) is 15.9 Å². The molecule has 0 aromatic heterocycles. The Labute approximate surface area is 159 Å². The molecule has 1 fully saturated rings. The summed E-state index contributed by atoms with van der Waals surface area (Å²) in [6.45, 7) is 0.623. The summed E-state index contributed by atoms with van der Waals surface area (Å²) in [5, 5.41) is 23.0. The maximum atomic E-state index is 12.3. The molecule has 27 heavy (non-hydrogen) atoms. The third kappa shape index (κ3) is 4.73. The summed E-state index contributed by atoms with van der Waals surface area (Å²) in [6, 6.07) is 18.6. The van der Waals surface area contributed by atoms with Crippen LogP contribution in [0.3, 0.4) is 0 Å². The number of ether oxygens (including phenoxy) is 1. The van der Waals surface area contributed by atoms with E-state index in [0.29, 0.717) is 12.1 Å². The SMILES string of the molecule is CN(Cc1ccccc1)[C@@H]1[C@H](O)[C@H](CO)O[C@@H]1CNC(=O)c1ccccc1. The van der Waals surface area contributed by atoms with Crippen LogP contribution in [0.15, 0.2) is 60.7 Å². The molecule has 0 bridgehead atoms. The van der Waals surface area contributed by atoms with Gasteiger partial charge in [0.2, 0.25) is 0 Å². The second kappa shape index (κ2) is 9.10. The van der Waals surface area contributed by atoms with E-state index in [0.717, 1.165) is 5.56 Å². The van der Waals surface area contributed by atoms with Gasteiger partial charge in [0.25, 0.3) is 5.91 Å². The molecule has 1 aliphatic heterocycles. The van der Waals surface area contributed by atoms with E-state index in [1.165, 1.54) is 0 Å². The number of aliphatic hydroxyl groups excluding tert-OH is 2. The topological polar surface area (TPSA) is 82.0 Å². The maximum Gasteiger partial charge on any atom is 0.251 e. The summed E-state index contributed by atoms with van der Waals surface area (Å²) in [5.41, 5.74) is 1.69. The van der Waals surface area contributed by atoms with E-state index >= 15 is 0 Å². The minimum absolute atomic E-state index is 0.189. The zero-order valence-electron chi connectivity index (χ0n) is 15.4. The van der Waals surface area contributed by atoms with Crippen molar-refractivity contribution < 1.29 is 19.7 Å². The first-order valence-electron chi connectivity index (χ1n) is 9.12. The van der Waals surface area contributed by atoms with Crippen molar-refractivity contribution in [1.82, 2.24) is 10.2 Å². The van der Waals surface area contributed by atoms with Gasteiger partial charge >= 0.3 is 0 Å². The second-order valence-electron chi connectivity index (χ2n) is 6.85. The van der Waals surface area contributed by atoms with Gasteiger partial charge in [-0.25, -0.2) is 0 Å². The quantitative estimate of drug-likeness (QED) is 0.678. The van der Waals surface area contributed by atoms with E-state index in [9.17, 15) is 15.0 Å². The van der Waals surface area contributed by atoms with Gasteiger partial charge in [-0.2, -0.15) is 0 Å². The molecule has 0 aliphatic carbocycles. The highest BCUT2D eigenvalue weighted by molar-refractivity contribution is 5.94. The van der Waals surface area contributed by atoms with Gasteiger partial charge < -0.3 is 20.3 Å². The summed E-state index contributed by atoms with van der Waals surface area (Å²) in [5.74, 6) is -0.189. The third-order valence-corrected chi connectivity index (χ3v) is 4.92. The summed E-state index contributed by atoms with van der Waals surface area (Å²) in [6.07, 6.45) is -1.91. The van der Waals surface area contributed by atoms with Crippen molar-refractivity contribution in [3.63, 3.8) is 0 Å². The molecule has 0 spiro atoms. The molecule has 1 heterocycles. The number of hydrogen-bond donors (Lipinski definition) is 3. The first-order valence-corrected chi connectivity index (χ1v) is 9.12. The summed E-state index contributed by atoms with van der Waals surface area (Å²) >= 11 is 0. The van der Waals surface area contributed by atoms with E-state index in [2.05, 4.69) is 5.32 Å². The molecule has 3 rings (SSSR count). The zero-order valence-corrected chi connectivity index (χ0v) is 15.4. The number of nitrogens with zero attached hydrogens (tertiary/aromatic N) is 1. The van der Waals surface area contributed by atoms with Crippen molar-refractivity contribution in [3.8, 4) is 0 Å². The molecule has 1 amide bonds. The summed E-state index contributed by atoms with van der Waals surface area (Å²) in [4.78, 5) is 14.3. The molecule has 0 saturated carbocycles. The van der Waals surface area contributed by atoms with Gasteiger partial charge in [-0.15, -0.1) is 0 Å². The molecule has 1 saturated heterocycles. The lowest BCUT2D eigenvalue weighted by Crippen LogP contribution is -2.49. The first kappa shape index (κ1) is 19.5. The molecular formula is C21H26N2O4.